The Morgan fingerprint density at radius 3 is 2.38 bits per heavy atom. The van der Waals surface area contributed by atoms with Gasteiger partial charge >= 0.3 is 6.09 Å². The molecule has 1 heterocycles. The van der Waals surface area contributed by atoms with Crippen LogP contribution in [-0.2, 0) is 20.7 Å². The van der Waals surface area contributed by atoms with Crippen LogP contribution in [0.25, 0.3) is 0 Å². The average Bonchev–Trinajstić information content (AvgIpc) is 3.35. The van der Waals surface area contributed by atoms with Gasteiger partial charge in [-0.25, -0.2) is 4.79 Å². The standard InChI is InChI=1S/C36H47Cl2N3O5S/c37-28-13-7-11-25(17-28)18-31(26-12-8-14-29(38)20-26)46-35(45)41-47-32(19-24-9-3-1-4-10-24)34(44)39-30(23-42)21-27-22-36(40-33(27)43)15-5-2-6-16-36/h7-8,11-14,17,20,24,27,30-32,42H,1-6,9-10,15-16,18-19,21-23H2,(H,39,44)(H,40,43)(H,41,45)/t27?,30?,31?,32-/m0/s1. The van der Waals surface area contributed by atoms with Crippen molar-refractivity contribution in [3.05, 3.63) is 69.7 Å². The molecular formula is C36H47Cl2N3O5S. The third-order valence-corrected chi connectivity index (χ3v) is 11.4. The zero-order valence-corrected chi connectivity index (χ0v) is 29.2. The lowest BCUT2D eigenvalue weighted by Gasteiger charge is -2.33. The van der Waals surface area contributed by atoms with Crippen LogP contribution in [0.3, 0.4) is 0 Å². The van der Waals surface area contributed by atoms with Gasteiger partial charge < -0.3 is 20.5 Å². The van der Waals surface area contributed by atoms with Crippen LogP contribution in [0.4, 0.5) is 4.79 Å². The highest BCUT2D eigenvalue weighted by Gasteiger charge is 2.45. The van der Waals surface area contributed by atoms with Crippen molar-refractivity contribution in [3.63, 3.8) is 0 Å². The summed E-state index contributed by atoms with van der Waals surface area (Å²) >= 11 is 13.5. The van der Waals surface area contributed by atoms with Crippen molar-refractivity contribution in [1.82, 2.24) is 15.4 Å². The van der Waals surface area contributed by atoms with E-state index >= 15 is 0 Å². The normalized spacial score (nSPS) is 21.4. The first-order valence-electron chi connectivity index (χ1n) is 17.1. The summed E-state index contributed by atoms with van der Waals surface area (Å²) < 4.78 is 8.71. The fraction of sp³-hybridized carbons (Fsp3) is 0.583. The highest BCUT2D eigenvalue weighted by molar-refractivity contribution is 7.99. The van der Waals surface area contributed by atoms with Gasteiger partial charge in [-0.2, -0.15) is 0 Å². The maximum atomic E-state index is 13.7. The minimum Gasteiger partial charge on any atom is -0.440 e. The van der Waals surface area contributed by atoms with Crippen LogP contribution in [0.15, 0.2) is 48.5 Å². The zero-order chi connectivity index (χ0) is 33.2. The minimum atomic E-state index is -0.664. The molecular weight excluding hydrogens is 657 g/mol. The van der Waals surface area contributed by atoms with Crippen molar-refractivity contribution in [2.75, 3.05) is 6.61 Å². The van der Waals surface area contributed by atoms with E-state index in [0.29, 0.717) is 35.2 Å². The lowest BCUT2D eigenvalue weighted by Crippen LogP contribution is -2.45. The quantitative estimate of drug-likeness (QED) is 0.159. The number of carbonyl (C=O) groups is 3. The largest absolute Gasteiger partial charge is 0.440 e. The monoisotopic (exact) mass is 703 g/mol. The van der Waals surface area contributed by atoms with E-state index in [-0.39, 0.29) is 29.9 Å². The molecule has 2 aromatic rings. The second-order valence-electron chi connectivity index (χ2n) is 13.6. The topological polar surface area (TPSA) is 117 Å². The van der Waals surface area contributed by atoms with E-state index in [1.165, 1.54) is 12.8 Å². The summed E-state index contributed by atoms with van der Waals surface area (Å²) in [5, 5.41) is 17.1. The second kappa shape index (κ2) is 17.3. The van der Waals surface area contributed by atoms with Gasteiger partial charge in [-0.3, -0.25) is 14.3 Å². The smallest absolute Gasteiger partial charge is 0.417 e. The fourth-order valence-corrected chi connectivity index (χ4v) is 8.80. The Morgan fingerprint density at radius 2 is 1.68 bits per heavy atom. The number of hydrogen-bond acceptors (Lipinski definition) is 6. The van der Waals surface area contributed by atoms with Crippen molar-refractivity contribution in [2.45, 2.75) is 113 Å². The molecule has 47 heavy (non-hydrogen) atoms. The first kappa shape index (κ1) is 35.8. The molecule has 2 saturated carbocycles. The highest BCUT2D eigenvalue weighted by atomic mass is 35.5. The van der Waals surface area contributed by atoms with Crippen LogP contribution in [-0.4, -0.2) is 46.5 Å². The Bertz CT molecular complexity index is 1370. The third-order valence-electron chi connectivity index (χ3n) is 9.97. The van der Waals surface area contributed by atoms with Crippen molar-refractivity contribution in [3.8, 4) is 0 Å². The summed E-state index contributed by atoms with van der Waals surface area (Å²) in [5.41, 5.74) is 1.51. The van der Waals surface area contributed by atoms with E-state index < -0.39 is 23.5 Å². The molecule has 2 aliphatic carbocycles. The Morgan fingerprint density at radius 1 is 0.979 bits per heavy atom. The molecule has 11 heteroatoms. The predicted octanol–water partition coefficient (Wildman–Crippen LogP) is 7.70. The van der Waals surface area contributed by atoms with Gasteiger partial charge in [0.25, 0.3) is 0 Å². The van der Waals surface area contributed by atoms with Gasteiger partial charge in [0.1, 0.15) is 11.4 Å². The Hall–Kier alpha value is -2.46. The number of ether oxygens (including phenoxy) is 1. The van der Waals surface area contributed by atoms with E-state index in [0.717, 1.165) is 80.9 Å². The maximum absolute atomic E-state index is 13.7. The van der Waals surface area contributed by atoms with Crippen molar-refractivity contribution < 1.29 is 24.2 Å². The zero-order valence-electron chi connectivity index (χ0n) is 26.9. The van der Waals surface area contributed by atoms with Crippen LogP contribution < -0.4 is 15.4 Å². The number of halogens is 2. The number of hydrogen-bond donors (Lipinski definition) is 4. The fourth-order valence-electron chi connectivity index (χ4n) is 7.56. The minimum absolute atomic E-state index is 0.0178. The Labute approximate surface area is 292 Å². The van der Waals surface area contributed by atoms with Gasteiger partial charge in [-0.05, 0) is 85.4 Å². The summed E-state index contributed by atoms with van der Waals surface area (Å²) in [6, 6.07) is 14.0. The number of benzene rings is 2. The number of amides is 3. The molecule has 256 valence electrons. The SMILES string of the molecule is O=C(NS[C@@H](CC1CCCCC1)C(=O)NC(CO)CC1CC2(CCCCC2)NC1=O)OC(Cc1cccc(Cl)c1)c1cccc(Cl)c1. The molecule has 5 rings (SSSR count). The Kier molecular flexibility index (Phi) is 13.2. The summed E-state index contributed by atoms with van der Waals surface area (Å²) in [6.07, 6.45) is 11.8. The molecule has 2 aromatic carbocycles. The van der Waals surface area contributed by atoms with E-state index in [1.54, 1.807) is 18.2 Å². The molecule has 1 saturated heterocycles. The molecule has 1 aliphatic heterocycles. The van der Waals surface area contributed by atoms with Gasteiger partial charge in [0.05, 0.1) is 12.6 Å². The van der Waals surface area contributed by atoms with E-state index in [1.807, 2.05) is 30.3 Å². The number of aliphatic hydroxyl groups excluding tert-OH is 1. The molecule has 4 atom stereocenters. The molecule has 0 radical (unpaired) electrons. The Balaban J connectivity index is 1.22. The first-order chi connectivity index (χ1) is 22.7. The molecule has 1 spiro atoms. The van der Waals surface area contributed by atoms with E-state index in [4.69, 9.17) is 27.9 Å². The van der Waals surface area contributed by atoms with Gasteiger partial charge in [-0.1, -0.05) is 98.8 Å². The van der Waals surface area contributed by atoms with Gasteiger partial charge in [0.15, 0.2) is 0 Å². The van der Waals surface area contributed by atoms with Crippen LogP contribution in [0.2, 0.25) is 10.0 Å². The van der Waals surface area contributed by atoms with Crippen molar-refractivity contribution >= 4 is 53.1 Å². The first-order valence-corrected chi connectivity index (χ1v) is 18.7. The number of carbonyl (C=O) groups excluding carboxylic acids is 3. The van der Waals surface area contributed by atoms with Crippen molar-refractivity contribution in [1.29, 1.82) is 0 Å². The van der Waals surface area contributed by atoms with E-state index in [9.17, 15) is 19.5 Å². The second-order valence-corrected chi connectivity index (χ2v) is 15.5. The molecule has 0 bridgehead atoms. The summed E-state index contributed by atoms with van der Waals surface area (Å²) in [4.78, 5) is 39.9. The molecule has 3 amide bonds. The predicted molar refractivity (Wildman–Crippen MR) is 187 cm³/mol. The summed E-state index contributed by atoms with van der Waals surface area (Å²) in [7, 11) is 0. The number of rotatable bonds is 13. The van der Waals surface area contributed by atoms with Gasteiger partial charge in [-0.15, -0.1) is 0 Å². The molecule has 3 unspecified atom stereocenters. The molecule has 3 fully saturated rings. The molecule has 3 aliphatic rings. The number of aliphatic hydroxyl groups is 1. The lowest BCUT2D eigenvalue weighted by atomic mass is 9.78. The van der Waals surface area contributed by atoms with Crippen molar-refractivity contribution in [2.24, 2.45) is 11.8 Å². The molecule has 8 nitrogen and oxygen atoms in total. The third kappa shape index (κ3) is 10.5. The molecule has 4 N–H and O–H groups in total. The average molecular weight is 705 g/mol. The van der Waals surface area contributed by atoms with Crippen LogP contribution >= 0.6 is 35.1 Å². The summed E-state index contributed by atoms with van der Waals surface area (Å²) in [6.45, 7) is -0.260. The lowest BCUT2D eigenvalue weighted by molar-refractivity contribution is -0.125. The van der Waals surface area contributed by atoms with Crippen LogP contribution in [0, 0.1) is 11.8 Å². The number of nitrogens with one attached hydrogen (secondary N) is 3. The summed E-state index contributed by atoms with van der Waals surface area (Å²) in [5.74, 6) is -0.113. The highest BCUT2D eigenvalue weighted by Crippen LogP contribution is 2.39. The van der Waals surface area contributed by atoms with Crippen LogP contribution in [0.1, 0.15) is 101 Å². The van der Waals surface area contributed by atoms with E-state index in [2.05, 4.69) is 15.4 Å². The maximum Gasteiger partial charge on any atom is 0.417 e. The molecule has 0 aromatic heterocycles. The van der Waals surface area contributed by atoms with Gasteiger partial charge in [0, 0.05) is 27.9 Å². The van der Waals surface area contributed by atoms with Crippen LogP contribution in [0.5, 0.6) is 0 Å². The van der Waals surface area contributed by atoms with Gasteiger partial charge in [0.2, 0.25) is 11.8 Å².